The highest BCUT2D eigenvalue weighted by atomic mass is 19.4. The van der Waals surface area contributed by atoms with E-state index in [1.54, 1.807) is 24.3 Å². The van der Waals surface area contributed by atoms with E-state index in [0.717, 1.165) is 5.56 Å². The van der Waals surface area contributed by atoms with Crippen LogP contribution in [0, 0.1) is 0 Å². The van der Waals surface area contributed by atoms with Gasteiger partial charge in [-0.1, -0.05) is 30.3 Å². The minimum atomic E-state index is -4.65. The fourth-order valence-corrected chi connectivity index (χ4v) is 2.18. The van der Waals surface area contributed by atoms with Crippen LogP contribution in [0.2, 0.25) is 0 Å². The average molecular weight is 382 g/mol. The number of carbonyl (C=O) groups is 2. The highest BCUT2D eigenvalue weighted by Gasteiger charge is 2.31. The molecule has 0 aliphatic carbocycles. The van der Waals surface area contributed by atoms with Gasteiger partial charge in [0.1, 0.15) is 6.54 Å². The lowest BCUT2D eigenvalue weighted by molar-refractivity contribution is -0.155. The summed E-state index contributed by atoms with van der Waals surface area (Å²) in [5, 5.41) is 2.57. The Kier molecular flexibility index (Phi) is 6.38. The van der Waals surface area contributed by atoms with Crippen LogP contribution in [0.1, 0.15) is 18.1 Å². The maximum Gasteiger partial charge on any atom is 0.417 e. The Morgan fingerprint density at radius 2 is 1.81 bits per heavy atom. The second kappa shape index (κ2) is 8.52. The number of ether oxygens (including phenoxy) is 1. The first-order valence-corrected chi connectivity index (χ1v) is 7.95. The van der Waals surface area contributed by atoms with E-state index >= 15 is 0 Å². The normalized spacial score (nSPS) is 12.3. The zero-order valence-electron chi connectivity index (χ0n) is 14.3. The van der Waals surface area contributed by atoms with Gasteiger partial charge in [-0.3, -0.25) is 14.4 Å². The van der Waals surface area contributed by atoms with E-state index in [1.807, 2.05) is 6.07 Å². The number of hydrogen-bond acceptors (Lipinski definition) is 4. The van der Waals surface area contributed by atoms with Crippen molar-refractivity contribution in [3.63, 3.8) is 0 Å². The molecule has 0 saturated heterocycles. The van der Waals surface area contributed by atoms with Gasteiger partial charge in [0.15, 0.2) is 6.10 Å². The molecule has 1 unspecified atom stereocenters. The monoisotopic (exact) mass is 382 g/mol. The molecule has 9 heteroatoms. The molecule has 0 aliphatic heterocycles. The zero-order valence-corrected chi connectivity index (χ0v) is 14.3. The molecule has 1 heterocycles. The molecule has 1 aromatic heterocycles. The third kappa shape index (κ3) is 5.98. The van der Waals surface area contributed by atoms with Gasteiger partial charge in [0.2, 0.25) is 0 Å². The van der Waals surface area contributed by atoms with Crippen LogP contribution in [0.4, 0.5) is 13.2 Å². The van der Waals surface area contributed by atoms with Gasteiger partial charge in [0, 0.05) is 18.8 Å². The smallest absolute Gasteiger partial charge is 0.417 e. The van der Waals surface area contributed by atoms with E-state index in [1.165, 1.54) is 6.92 Å². The molecule has 6 nitrogen and oxygen atoms in total. The van der Waals surface area contributed by atoms with E-state index in [0.29, 0.717) is 22.9 Å². The molecule has 0 radical (unpaired) electrons. The van der Waals surface area contributed by atoms with E-state index in [-0.39, 0.29) is 6.54 Å². The predicted octanol–water partition coefficient (Wildman–Crippen LogP) is 2.12. The second-order valence-corrected chi connectivity index (χ2v) is 5.72. The van der Waals surface area contributed by atoms with Gasteiger partial charge in [0.25, 0.3) is 11.5 Å². The summed E-state index contributed by atoms with van der Waals surface area (Å²) in [6.07, 6.45) is -5.28. The van der Waals surface area contributed by atoms with Crippen LogP contribution in [0.5, 0.6) is 0 Å². The van der Waals surface area contributed by atoms with Crippen molar-refractivity contribution in [2.45, 2.75) is 32.3 Å². The Morgan fingerprint density at radius 1 is 1.15 bits per heavy atom. The molecule has 0 fully saturated rings. The topological polar surface area (TPSA) is 77.4 Å². The van der Waals surface area contributed by atoms with Gasteiger partial charge in [-0.25, -0.2) is 0 Å². The first kappa shape index (κ1) is 20.2. The molecule has 0 bridgehead atoms. The summed E-state index contributed by atoms with van der Waals surface area (Å²) in [5.74, 6) is -1.57. The Hall–Kier alpha value is -3.10. The molecule has 1 aromatic carbocycles. The van der Waals surface area contributed by atoms with Crippen molar-refractivity contribution >= 4 is 11.9 Å². The Bertz CT molecular complexity index is 863. The van der Waals surface area contributed by atoms with E-state index < -0.39 is 41.8 Å². The number of amides is 1. The molecular weight excluding hydrogens is 365 g/mol. The number of aromatic nitrogens is 1. The number of nitrogens with one attached hydrogen (secondary N) is 1. The lowest BCUT2D eigenvalue weighted by Gasteiger charge is -2.15. The van der Waals surface area contributed by atoms with Gasteiger partial charge in [-0.15, -0.1) is 0 Å². The third-order valence-electron chi connectivity index (χ3n) is 3.60. The molecular formula is C18H17F3N2O4. The largest absolute Gasteiger partial charge is 0.451 e. The minimum absolute atomic E-state index is 0.231. The molecule has 2 aromatic rings. The van der Waals surface area contributed by atoms with Gasteiger partial charge in [0.05, 0.1) is 5.56 Å². The predicted molar refractivity (Wildman–Crippen MR) is 89.5 cm³/mol. The Labute approximate surface area is 152 Å². The number of rotatable bonds is 6. The number of esters is 1. The zero-order chi connectivity index (χ0) is 20.0. The summed E-state index contributed by atoms with van der Waals surface area (Å²) in [4.78, 5) is 35.4. The van der Waals surface area contributed by atoms with Crippen LogP contribution >= 0.6 is 0 Å². The second-order valence-electron chi connectivity index (χ2n) is 5.72. The highest BCUT2D eigenvalue weighted by molar-refractivity contribution is 5.83. The molecule has 0 spiro atoms. The number of alkyl halides is 3. The van der Waals surface area contributed by atoms with Crippen molar-refractivity contribution in [3.8, 4) is 0 Å². The maximum atomic E-state index is 12.7. The molecule has 0 aliphatic rings. The van der Waals surface area contributed by atoms with E-state index in [9.17, 15) is 27.6 Å². The number of nitrogens with zero attached hydrogens (tertiary/aromatic N) is 1. The van der Waals surface area contributed by atoms with Crippen molar-refractivity contribution < 1.29 is 27.5 Å². The molecule has 1 atom stereocenters. The van der Waals surface area contributed by atoms with Crippen LogP contribution in [0.15, 0.2) is 53.5 Å². The van der Waals surface area contributed by atoms with Crippen LogP contribution in [0.3, 0.4) is 0 Å². The average Bonchev–Trinajstić information content (AvgIpc) is 2.61. The van der Waals surface area contributed by atoms with E-state index in [2.05, 4.69) is 5.32 Å². The maximum absolute atomic E-state index is 12.7. The number of halogens is 3. The van der Waals surface area contributed by atoms with Gasteiger partial charge in [-0.05, 0) is 18.6 Å². The van der Waals surface area contributed by atoms with Crippen LogP contribution in [0.25, 0.3) is 0 Å². The molecule has 0 saturated carbocycles. The third-order valence-corrected chi connectivity index (χ3v) is 3.60. The number of hydrogen-bond donors (Lipinski definition) is 1. The van der Waals surface area contributed by atoms with Gasteiger partial charge >= 0.3 is 12.1 Å². The van der Waals surface area contributed by atoms with E-state index in [4.69, 9.17) is 4.74 Å². The standard InChI is InChI=1S/C18H17F3N2O4/c1-12(17(26)22-9-13-5-3-2-4-6-13)27-16(25)11-23-10-14(18(19,20)21)7-8-15(23)24/h2-8,10,12H,9,11H2,1H3,(H,22,26). The van der Waals surface area contributed by atoms with Crippen molar-refractivity contribution in [2.75, 3.05) is 0 Å². The summed E-state index contributed by atoms with van der Waals surface area (Å²) < 4.78 is 43.6. The fraction of sp³-hybridized carbons (Fsp3) is 0.278. The number of benzene rings is 1. The number of carbonyl (C=O) groups excluding carboxylic acids is 2. The quantitative estimate of drug-likeness (QED) is 0.777. The Morgan fingerprint density at radius 3 is 2.44 bits per heavy atom. The van der Waals surface area contributed by atoms with Gasteiger partial charge in [-0.2, -0.15) is 13.2 Å². The van der Waals surface area contributed by atoms with Crippen LogP contribution in [-0.2, 0) is 33.6 Å². The highest BCUT2D eigenvalue weighted by Crippen LogP contribution is 2.27. The lowest BCUT2D eigenvalue weighted by Crippen LogP contribution is -2.36. The first-order chi connectivity index (χ1) is 12.7. The van der Waals surface area contributed by atoms with Crippen LogP contribution in [-0.4, -0.2) is 22.5 Å². The van der Waals surface area contributed by atoms with Crippen molar-refractivity contribution in [1.82, 2.24) is 9.88 Å². The summed E-state index contributed by atoms with van der Waals surface area (Å²) in [6.45, 7) is 0.820. The summed E-state index contributed by atoms with van der Waals surface area (Å²) >= 11 is 0. The summed E-state index contributed by atoms with van der Waals surface area (Å²) in [5.41, 5.74) is -1.01. The molecule has 2 rings (SSSR count). The molecule has 144 valence electrons. The molecule has 27 heavy (non-hydrogen) atoms. The van der Waals surface area contributed by atoms with Gasteiger partial charge < -0.3 is 14.6 Å². The summed E-state index contributed by atoms with van der Waals surface area (Å²) in [6, 6.07) is 10.4. The first-order valence-electron chi connectivity index (χ1n) is 7.95. The van der Waals surface area contributed by atoms with Crippen molar-refractivity contribution in [3.05, 3.63) is 70.1 Å². The minimum Gasteiger partial charge on any atom is -0.451 e. The molecule has 1 amide bonds. The summed E-state index contributed by atoms with van der Waals surface area (Å²) in [7, 11) is 0. The van der Waals surface area contributed by atoms with Crippen molar-refractivity contribution in [2.24, 2.45) is 0 Å². The lowest BCUT2D eigenvalue weighted by atomic mass is 10.2. The SMILES string of the molecule is CC(OC(=O)Cn1cc(C(F)(F)F)ccc1=O)C(=O)NCc1ccccc1. The van der Waals surface area contributed by atoms with Crippen LogP contribution < -0.4 is 10.9 Å². The fourth-order valence-electron chi connectivity index (χ4n) is 2.18. The number of pyridine rings is 1. The Balaban J connectivity index is 1.93. The van der Waals surface area contributed by atoms with Crippen molar-refractivity contribution in [1.29, 1.82) is 0 Å². The molecule has 1 N–H and O–H groups in total.